The van der Waals surface area contributed by atoms with E-state index in [2.05, 4.69) is 37.0 Å². The van der Waals surface area contributed by atoms with Crippen molar-refractivity contribution in [2.45, 2.75) is 12.5 Å². The van der Waals surface area contributed by atoms with Crippen LogP contribution in [0.1, 0.15) is 6.42 Å². The van der Waals surface area contributed by atoms with Gasteiger partial charge < -0.3 is 10.2 Å². The SMILES string of the molecule is CN=C(NCCNS(C)(=O)=O)N1CCC(N2CC=CC2)C1.I. The zero-order valence-corrected chi connectivity index (χ0v) is 16.3. The van der Waals surface area contributed by atoms with Gasteiger partial charge in [0.1, 0.15) is 0 Å². The molecule has 22 heavy (non-hydrogen) atoms. The first-order valence-electron chi connectivity index (χ1n) is 7.29. The van der Waals surface area contributed by atoms with E-state index in [9.17, 15) is 8.42 Å². The summed E-state index contributed by atoms with van der Waals surface area (Å²) in [6.45, 7) is 4.95. The standard InChI is InChI=1S/C13H25N5O2S.HI/c1-14-13(15-6-7-16-21(2,19)20)18-10-5-12(11-18)17-8-3-4-9-17;/h3-4,12,16H,5-11H2,1-2H3,(H,14,15);1H. The lowest BCUT2D eigenvalue weighted by Crippen LogP contribution is -2.44. The van der Waals surface area contributed by atoms with Crippen LogP contribution in [-0.4, -0.2) is 82.8 Å². The largest absolute Gasteiger partial charge is 0.355 e. The second kappa shape index (κ2) is 9.04. The monoisotopic (exact) mass is 443 g/mol. The van der Waals surface area contributed by atoms with Gasteiger partial charge in [-0.15, -0.1) is 24.0 Å². The second-order valence-corrected chi connectivity index (χ2v) is 7.29. The van der Waals surface area contributed by atoms with Gasteiger partial charge in [0.15, 0.2) is 5.96 Å². The van der Waals surface area contributed by atoms with E-state index >= 15 is 0 Å². The number of nitrogens with zero attached hydrogens (tertiary/aromatic N) is 3. The maximum Gasteiger partial charge on any atom is 0.208 e. The number of hydrogen-bond donors (Lipinski definition) is 2. The number of nitrogens with one attached hydrogen (secondary N) is 2. The zero-order valence-electron chi connectivity index (χ0n) is 13.2. The van der Waals surface area contributed by atoms with E-state index in [0.29, 0.717) is 19.1 Å². The molecule has 0 radical (unpaired) electrons. The number of likely N-dealkylation sites (tertiary alicyclic amines) is 1. The minimum Gasteiger partial charge on any atom is -0.355 e. The van der Waals surface area contributed by atoms with Crippen LogP contribution in [-0.2, 0) is 10.0 Å². The fourth-order valence-corrected chi connectivity index (χ4v) is 3.24. The van der Waals surface area contributed by atoms with Crippen LogP contribution in [0.4, 0.5) is 0 Å². The topological polar surface area (TPSA) is 77.0 Å². The molecule has 0 aromatic heterocycles. The summed E-state index contributed by atoms with van der Waals surface area (Å²) in [5.74, 6) is 0.847. The van der Waals surface area contributed by atoms with Gasteiger partial charge in [-0.1, -0.05) is 12.2 Å². The summed E-state index contributed by atoms with van der Waals surface area (Å²) in [6.07, 6.45) is 6.74. The number of aliphatic imine (C=N–C) groups is 1. The van der Waals surface area contributed by atoms with Crippen molar-refractivity contribution in [3.05, 3.63) is 12.2 Å². The molecule has 1 atom stereocenters. The summed E-state index contributed by atoms with van der Waals surface area (Å²) >= 11 is 0. The predicted molar refractivity (Wildman–Crippen MR) is 100 cm³/mol. The van der Waals surface area contributed by atoms with Crippen molar-refractivity contribution < 1.29 is 8.42 Å². The van der Waals surface area contributed by atoms with E-state index in [1.807, 2.05) is 0 Å². The highest BCUT2D eigenvalue weighted by Gasteiger charge is 2.29. The van der Waals surface area contributed by atoms with Gasteiger partial charge in [-0.3, -0.25) is 9.89 Å². The lowest BCUT2D eigenvalue weighted by molar-refractivity contribution is 0.259. The van der Waals surface area contributed by atoms with Crippen molar-refractivity contribution >= 4 is 40.0 Å². The number of rotatable bonds is 5. The van der Waals surface area contributed by atoms with E-state index in [1.54, 1.807) is 7.05 Å². The Morgan fingerprint density at radius 2 is 2.00 bits per heavy atom. The molecule has 2 aliphatic heterocycles. The summed E-state index contributed by atoms with van der Waals surface area (Å²) in [4.78, 5) is 9.00. The Balaban J connectivity index is 0.00000242. The molecule has 0 amide bonds. The van der Waals surface area contributed by atoms with Crippen molar-refractivity contribution in [3.63, 3.8) is 0 Å². The fraction of sp³-hybridized carbons (Fsp3) is 0.769. The average molecular weight is 443 g/mol. The summed E-state index contributed by atoms with van der Waals surface area (Å²) in [5, 5.41) is 3.21. The highest BCUT2D eigenvalue weighted by molar-refractivity contribution is 14.0. The van der Waals surface area contributed by atoms with Crippen LogP contribution in [0.5, 0.6) is 0 Å². The highest BCUT2D eigenvalue weighted by Crippen LogP contribution is 2.17. The number of halogens is 1. The molecule has 1 saturated heterocycles. The quantitative estimate of drug-likeness (QED) is 0.200. The van der Waals surface area contributed by atoms with Crippen molar-refractivity contribution in [1.82, 2.24) is 19.8 Å². The van der Waals surface area contributed by atoms with Gasteiger partial charge in [-0.2, -0.15) is 0 Å². The minimum absolute atomic E-state index is 0. The normalized spacial score (nSPS) is 22.9. The Morgan fingerprint density at radius 1 is 1.32 bits per heavy atom. The van der Waals surface area contributed by atoms with E-state index in [0.717, 1.165) is 44.8 Å². The van der Waals surface area contributed by atoms with Gasteiger partial charge in [-0.25, -0.2) is 13.1 Å². The average Bonchev–Trinajstić information content (AvgIpc) is 3.08. The van der Waals surface area contributed by atoms with Crippen LogP contribution in [0.15, 0.2) is 17.1 Å². The van der Waals surface area contributed by atoms with Crippen molar-refractivity contribution in [2.24, 2.45) is 4.99 Å². The summed E-state index contributed by atoms with van der Waals surface area (Å²) in [7, 11) is -1.36. The van der Waals surface area contributed by atoms with Crippen LogP contribution >= 0.6 is 24.0 Å². The van der Waals surface area contributed by atoms with Crippen LogP contribution in [0.2, 0.25) is 0 Å². The van der Waals surface area contributed by atoms with Crippen molar-refractivity contribution in [2.75, 3.05) is 52.6 Å². The summed E-state index contributed by atoms with van der Waals surface area (Å²) in [5.41, 5.74) is 0. The first-order valence-corrected chi connectivity index (χ1v) is 9.18. The molecule has 0 aromatic rings. The smallest absolute Gasteiger partial charge is 0.208 e. The lowest BCUT2D eigenvalue weighted by atomic mass is 10.2. The van der Waals surface area contributed by atoms with Crippen LogP contribution < -0.4 is 10.0 Å². The van der Waals surface area contributed by atoms with E-state index in [1.165, 1.54) is 0 Å². The second-order valence-electron chi connectivity index (χ2n) is 5.45. The first-order chi connectivity index (χ1) is 9.99. The maximum absolute atomic E-state index is 11.0. The maximum atomic E-state index is 11.0. The molecule has 9 heteroatoms. The predicted octanol–water partition coefficient (Wildman–Crippen LogP) is -0.325. The molecule has 1 fully saturated rings. The lowest BCUT2D eigenvalue weighted by Gasteiger charge is -2.25. The molecular weight excluding hydrogens is 417 g/mol. The molecule has 2 N–H and O–H groups in total. The molecule has 2 rings (SSSR count). The fourth-order valence-electron chi connectivity index (χ4n) is 2.77. The van der Waals surface area contributed by atoms with Crippen LogP contribution in [0.3, 0.4) is 0 Å². The molecule has 2 aliphatic rings. The van der Waals surface area contributed by atoms with Crippen molar-refractivity contribution in [1.29, 1.82) is 0 Å². The Labute approximate surface area is 150 Å². The Bertz CT molecular complexity index is 501. The number of hydrogen-bond acceptors (Lipinski definition) is 4. The molecular formula is C13H26IN5O2S. The minimum atomic E-state index is -3.12. The molecule has 0 aromatic carbocycles. The first kappa shape index (κ1) is 19.7. The summed E-state index contributed by atoms with van der Waals surface area (Å²) in [6, 6.07) is 0.577. The highest BCUT2D eigenvalue weighted by atomic mass is 127. The molecule has 0 aliphatic carbocycles. The van der Waals surface area contributed by atoms with E-state index < -0.39 is 10.0 Å². The Morgan fingerprint density at radius 3 is 2.59 bits per heavy atom. The molecule has 7 nitrogen and oxygen atoms in total. The van der Waals surface area contributed by atoms with Gasteiger partial charge in [0.25, 0.3) is 0 Å². The molecule has 0 saturated carbocycles. The zero-order chi connectivity index (χ0) is 15.3. The van der Waals surface area contributed by atoms with Gasteiger partial charge in [0.05, 0.1) is 6.26 Å². The molecule has 1 unspecified atom stereocenters. The summed E-state index contributed by atoms with van der Waals surface area (Å²) < 4.78 is 24.5. The van der Waals surface area contributed by atoms with Gasteiger partial charge in [-0.05, 0) is 6.42 Å². The molecule has 2 heterocycles. The van der Waals surface area contributed by atoms with Crippen LogP contribution in [0, 0.1) is 0 Å². The number of sulfonamides is 1. The third-order valence-corrected chi connectivity index (χ3v) is 4.54. The molecule has 0 spiro atoms. The van der Waals surface area contributed by atoms with Gasteiger partial charge in [0, 0.05) is 52.4 Å². The Hall–Kier alpha value is -0.390. The third-order valence-electron chi connectivity index (χ3n) is 3.81. The van der Waals surface area contributed by atoms with E-state index in [-0.39, 0.29) is 24.0 Å². The van der Waals surface area contributed by atoms with Crippen LogP contribution in [0.25, 0.3) is 0 Å². The molecule has 128 valence electrons. The van der Waals surface area contributed by atoms with Crippen molar-refractivity contribution in [3.8, 4) is 0 Å². The Kier molecular flexibility index (Phi) is 8.08. The number of guanidine groups is 1. The molecule has 0 bridgehead atoms. The van der Waals surface area contributed by atoms with Gasteiger partial charge in [0.2, 0.25) is 10.0 Å². The van der Waals surface area contributed by atoms with E-state index in [4.69, 9.17) is 0 Å². The van der Waals surface area contributed by atoms with Gasteiger partial charge >= 0.3 is 0 Å². The third kappa shape index (κ3) is 6.01.